The first kappa shape index (κ1) is 22.1. The van der Waals surface area contributed by atoms with Crippen molar-refractivity contribution in [2.24, 2.45) is 0 Å². The van der Waals surface area contributed by atoms with Gasteiger partial charge in [0.05, 0.1) is 0 Å². The minimum absolute atomic E-state index is 1.09. The van der Waals surface area contributed by atoms with Crippen LogP contribution in [0.1, 0.15) is 33.4 Å². The molecule has 0 atom stereocenters. The third-order valence-electron chi connectivity index (χ3n) is 5.46. The van der Waals surface area contributed by atoms with Gasteiger partial charge in [-0.25, -0.2) is 0 Å². The van der Waals surface area contributed by atoms with Gasteiger partial charge in [-0.05, 0) is 59.9 Å². The maximum absolute atomic E-state index is 3.50. The molecule has 4 aromatic rings. The lowest BCUT2D eigenvalue weighted by Crippen LogP contribution is -1.93. The lowest BCUT2D eigenvalue weighted by atomic mass is 10.1. The maximum atomic E-state index is 3.50. The molecule has 0 bridgehead atoms. The molecule has 162 valence electrons. The normalized spacial score (nSPS) is 11.6. The van der Waals surface area contributed by atoms with Crippen molar-refractivity contribution in [3.63, 3.8) is 0 Å². The van der Waals surface area contributed by atoms with Gasteiger partial charge >= 0.3 is 0 Å². The van der Waals surface area contributed by atoms with Crippen LogP contribution in [0.2, 0.25) is 0 Å². The first-order valence-electron chi connectivity index (χ1n) is 11.3. The number of nitrogens with one attached hydrogen (secondary N) is 1. The van der Waals surface area contributed by atoms with Crippen molar-refractivity contribution in [3.05, 3.63) is 143 Å². The Morgan fingerprint density at radius 2 is 1.03 bits per heavy atom. The van der Waals surface area contributed by atoms with Gasteiger partial charge in [-0.1, -0.05) is 121 Å². The number of hydrogen-bond donors (Lipinski definition) is 1. The standard InChI is InChI=1S/C32H29N/c1-25-12-23-32(26(2)24-25)33-31-21-19-30(20-22-31)18-17-29-15-13-28(14-16-29)11-7-6-10-27-8-4-3-5-9-27/h3-24,33H,1-2H3/b10-6+,11-7+,18-17+. The Kier molecular flexibility index (Phi) is 7.35. The Morgan fingerprint density at radius 3 is 1.61 bits per heavy atom. The minimum atomic E-state index is 1.09. The van der Waals surface area contributed by atoms with E-state index in [-0.39, 0.29) is 0 Å². The number of hydrogen-bond acceptors (Lipinski definition) is 1. The van der Waals surface area contributed by atoms with Crippen molar-refractivity contribution in [3.8, 4) is 0 Å². The van der Waals surface area contributed by atoms with E-state index in [0.717, 1.165) is 11.4 Å². The van der Waals surface area contributed by atoms with Crippen LogP contribution < -0.4 is 5.32 Å². The fourth-order valence-electron chi connectivity index (χ4n) is 3.60. The van der Waals surface area contributed by atoms with Crippen LogP contribution in [0, 0.1) is 13.8 Å². The van der Waals surface area contributed by atoms with Gasteiger partial charge < -0.3 is 5.32 Å². The lowest BCUT2D eigenvalue weighted by molar-refractivity contribution is 1.37. The van der Waals surface area contributed by atoms with Crippen LogP contribution in [0.25, 0.3) is 24.3 Å². The largest absolute Gasteiger partial charge is 0.355 e. The Labute approximate surface area is 197 Å². The predicted octanol–water partition coefficient (Wildman–Crippen LogP) is 8.94. The van der Waals surface area contributed by atoms with Crippen molar-refractivity contribution in [2.45, 2.75) is 13.8 Å². The Bertz CT molecular complexity index is 1260. The van der Waals surface area contributed by atoms with Crippen molar-refractivity contribution in [1.82, 2.24) is 0 Å². The summed E-state index contributed by atoms with van der Waals surface area (Å²) in [7, 11) is 0. The molecule has 0 aliphatic heterocycles. The highest BCUT2D eigenvalue weighted by atomic mass is 14.9. The van der Waals surface area contributed by atoms with Crippen molar-refractivity contribution in [1.29, 1.82) is 0 Å². The molecule has 0 fully saturated rings. The highest BCUT2D eigenvalue weighted by molar-refractivity contribution is 5.72. The summed E-state index contributed by atoms with van der Waals surface area (Å²) in [5, 5.41) is 3.50. The number of allylic oxidation sites excluding steroid dienone is 2. The molecule has 0 aliphatic rings. The number of rotatable bonds is 7. The zero-order valence-electron chi connectivity index (χ0n) is 19.2. The minimum Gasteiger partial charge on any atom is -0.355 e. The van der Waals surface area contributed by atoms with E-state index in [1.165, 1.54) is 33.4 Å². The highest BCUT2D eigenvalue weighted by Crippen LogP contribution is 2.22. The molecule has 0 saturated heterocycles. The summed E-state index contributed by atoms with van der Waals surface area (Å²) in [6.07, 6.45) is 12.7. The molecule has 4 rings (SSSR count). The molecule has 1 nitrogen and oxygen atoms in total. The quantitative estimate of drug-likeness (QED) is 0.229. The van der Waals surface area contributed by atoms with Gasteiger partial charge in [0.2, 0.25) is 0 Å². The molecule has 4 aromatic carbocycles. The lowest BCUT2D eigenvalue weighted by Gasteiger charge is -2.10. The fourth-order valence-corrected chi connectivity index (χ4v) is 3.60. The first-order valence-corrected chi connectivity index (χ1v) is 11.3. The number of aryl methyl sites for hydroxylation is 2. The van der Waals surface area contributed by atoms with E-state index >= 15 is 0 Å². The van der Waals surface area contributed by atoms with Gasteiger partial charge in [0.25, 0.3) is 0 Å². The molecule has 1 heteroatoms. The second-order valence-electron chi connectivity index (χ2n) is 8.19. The second kappa shape index (κ2) is 11.0. The average Bonchev–Trinajstić information content (AvgIpc) is 2.84. The SMILES string of the molecule is Cc1ccc(Nc2ccc(/C=C/c3ccc(/C=C/C=C/c4ccccc4)cc3)cc2)c(C)c1. The van der Waals surface area contributed by atoms with Crippen LogP contribution in [0.4, 0.5) is 11.4 Å². The van der Waals surface area contributed by atoms with Crippen molar-refractivity contribution < 1.29 is 0 Å². The zero-order valence-corrected chi connectivity index (χ0v) is 19.2. The fraction of sp³-hybridized carbons (Fsp3) is 0.0625. The van der Waals surface area contributed by atoms with Crippen LogP contribution in [-0.4, -0.2) is 0 Å². The third-order valence-corrected chi connectivity index (χ3v) is 5.46. The van der Waals surface area contributed by atoms with Crippen LogP contribution >= 0.6 is 0 Å². The number of anilines is 2. The molecule has 0 spiro atoms. The summed E-state index contributed by atoms with van der Waals surface area (Å²) in [6, 6.07) is 33.9. The second-order valence-corrected chi connectivity index (χ2v) is 8.19. The molecule has 0 saturated carbocycles. The summed E-state index contributed by atoms with van der Waals surface area (Å²) in [5.74, 6) is 0. The molecule has 0 heterocycles. The monoisotopic (exact) mass is 427 g/mol. The van der Waals surface area contributed by atoms with E-state index in [4.69, 9.17) is 0 Å². The summed E-state index contributed by atoms with van der Waals surface area (Å²) >= 11 is 0. The van der Waals surface area contributed by atoms with Crippen LogP contribution in [0.15, 0.2) is 109 Å². The molecular formula is C32H29N. The van der Waals surface area contributed by atoms with Crippen molar-refractivity contribution in [2.75, 3.05) is 5.32 Å². The van der Waals surface area contributed by atoms with E-state index in [0.29, 0.717) is 0 Å². The topological polar surface area (TPSA) is 12.0 Å². The maximum Gasteiger partial charge on any atom is 0.0414 e. The van der Waals surface area contributed by atoms with Crippen LogP contribution in [0.5, 0.6) is 0 Å². The smallest absolute Gasteiger partial charge is 0.0414 e. The van der Waals surface area contributed by atoms with Crippen molar-refractivity contribution >= 4 is 35.7 Å². The van der Waals surface area contributed by atoms with Gasteiger partial charge in [0, 0.05) is 11.4 Å². The molecule has 0 radical (unpaired) electrons. The van der Waals surface area contributed by atoms with Gasteiger partial charge in [-0.15, -0.1) is 0 Å². The Morgan fingerprint density at radius 1 is 0.515 bits per heavy atom. The molecular weight excluding hydrogens is 398 g/mol. The van der Waals surface area contributed by atoms with Crippen LogP contribution in [0.3, 0.4) is 0 Å². The molecule has 1 N–H and O–H groups in total. The van der Waals surface area contributed by atoms with E-state index in [9.17, 15) is 0 Å². The third kappa shape index (κ3) is 6.69. The molecule has 33 heavy (non-hydrogen) atoms. The predicted molar refractivity (Wildman–Crippen MR) is 146 cm³/mol. The van der Waals surface area contributed by atoms with E-state index < -0.39 is 0 Å². The Balaban J connectivity index is 1.33. The average molecular weight is 428 g/mol. The van der Waals surface area contributed by atoms with E-state index in [2.05, 4.69) is 134 Å². The number of benzene rings is 4. The van der Waals surface area contributed by atoms with Gasteiger partial charge in [0.1, 0.15) is 0 Å². The van der Waals surface area contributed by atoms with Crippen LogP contribution in [-0.2, 0) is 0 Å². The van der Waals surface area contributed by atoms with Gasteiger partial charge in [-0.3, -0.25) is 0 Å². The molecule has 0 amide bonds. The summed E-state index contributed by atoms with van der Waals surface area (Å²) in [4.78, 5) is 0. The molecule has 0 aliphatic carbocycles. The van der Waals surface area contributed by atoms with Gasteiger partial charge in [0.15, 0.2) is 0 Å². The van der Waals surface area contributed by atoms with Gasteiger partial charge in [-0.2, -0.15) is 0 Å². The first-order chi connectivity index (χ1) is 16.2. The Hall–Kier alpha value is -4.10. The highest BCUT2D eigenvalue weighted by Gasteiger charge is 1.99. The molecule has 0 unspecified atom stereocenters. The van der Waals surface area contributed by atoms with E-state index in [1.54, 1.807) is 0 Å². The van der Waals surface area contributed by atoms with E-state index in [1.807, 2.05) is 18.2 Å². The summed E-state index contributed by atoms with van der Waals surface area (Å²) in [5.41, 5.74) is 9.53. The molecule has 0 aromatic heterocycles. The summed E-state index contributed by atoms with van der Waals surface area (Å²) < 4.78 is 0. The zero-order chi connectivity index (χ0) is 22.9. The summed E-state index contributed by atoms with van der Waals surface area (Å²) in [6.45, 7) is 4.25.